The number of imidazole rings is 1. The quantitative estimate of drug-likeness (QED) is 0.708. The molecule has 3 rings (SSSR count). The first-order valence-electron chi connectivity index (χ1n) is 7.88. The van der Waals surface area contributed by atoms with E-state index in [1.165, 1.54) is 43.4 Å². The highest BCUT2D eigenvalue weighted by molar-refractivity contribution is 6.31. The zero-order chi connectivity index (χ0) is 14.1. The molecule has 0 spiro atoms. The number of rotatable bonds is 3. The SMILES string of the molecule is CCC(C)n1c(C2CCCCC2)nc2cc(Cl)ccc21. The summed E-state index contributed by atoms with van der Waals surface area (Å²) in [7, 11) is 0. The molecule has 20 heavy (non-hydrogen) atoms. The molecule has 0 N–H and O–H groups in total. The number of halogens is 1. The fourth-order valence-electron chi connectivity index (χ4n) is 3.39. The Hall–Kier alpha value is -1.02. The van der Waals surface area contributed by atoms with Crippen molar-refractivity contribution in [1.29, 1.82) is 0 Å². The van der Waals surface area contributed by atoms with Crippen molar-refractivity contribution in [3.8, 4) is 0 Å². The summed E-state index contributed by atoms with van der Waals surface area (Å²) in [6, 6.07) is 6.61. The van der Waals surface area contributed by atoms with E-state index in [0.717, 1.165) is 17.0 Å². The van der Waals surface area contributed by atoms with E-state index in [1.54, 1.807) is 0 Å². The maximum atomic E-state index is 6.13. The summed E-state index contributed by atoms with van der Waals surface area (Å²) >= 11 is 6.13. The Morgan fingerprint density at radius 3 is 2.75 bits per heavy atom. The number of aromatic nitrogens is 2. The van der Waals surface area contributed by atoms with Gasteiger partial charge in [-0.25, -0.2) is 4.98 Å². The Labute approximate surface area is 126 Å². The second-order valence-corrected chi connectivity index (χ2v) is 6.50. The van der Waals surface area contributed by atoms with Crippen LogP contribution in [0.5, 0.6) is 0 Å². The van der Waals surface area contributed by atoms with Crippen LogP contribution in [-0.2, 0) is 0 Å². The monoisotopic (exact) mass is 290 g/mol. The molecule has 1 unspecified atom stereocenters. The molecule has 1 aromatic carbocycles. The maximum absolute atomic E-state index is 6.13. The van der Waals surface area contributed by atoms with Gasteiger partial charge in [-0.3, -0.25) is 0 Å². The third-order valence-corrected chi connectivity index (χ3v) is 4.92. The number of nitrogens with zero attached hydrogens (tertiary/aromatic N) is 2. The summed E-state index contributed by atoms with van der Waals surface area (Å²) in [5.41, 5.74) is 2.29. The van der Waals surface area contributed by atoms with Crippen molar-refractivity contribution in [2.75, 3.05) is 0 Å². The first kappa shape index (κ1) is 13.9. The lowest BCUT2D eigenvalue weighted by atomic mass is 9.88. The highest BCUT2D eigenvalue weighted by Crippen LogP contribution is 2.36. The Balaban J connectivity index is 2.13. The topological polar surface area (TPSA) is 17.8 Å². The highest BCUT2D eigenvalue weighted by Gasteiger charge is 2.24. The Morgan fingerprint density at radius 1 is 1.30 bits per heavy atom. The molecular weight excluding hydrogens is 268 g/mol. The second kappa shape index (κ2) is 5.77. The minimum Gasteiger partial charge on any atom is -0.325 e. The molecule has 2 nitrogen and oxygen atoms in total. The Bertz CT molecular complexity index is 596. The van der Waals surface area contributed by atoms with Crippen LogP contribution < -0.4 is 0 Å². The van der Waals surface area contributed by atoms with E-state index in [1.807, 2.05) is 12.1 Å². The molecule has 1 saturated carbocycles. The van der Waals surface area contributed by atoms with Crippen molar-refractivity contribution in [1.82, 2.24) is 9.55 Å². The van der Waals surface area contributed by atoms with Crippen LogP contribution in [0.25, 0.3) is 11.0 Å². The lowest BCUT2D eigenvalue weighted by Gasteiger charge is -2.24. The summed E-state index contributed by atoms with van der Waals surface area (Å²) in [4.78, 5) is 4.94. The molecule has 1 heterocycles. The van der Waals surface area contributed by atoms with Crippen LogP contribution in [0.3, 0.4) is 0 Å². The predicted octanol–water partition coefficient (Wildman–Crippen LogP) is 5.71. The van der Waals surface area contributed by atoms with Gasteiger partial charge in [0.25, 0.3) is 0 Å². The van der Waals surface area contributed by atoms with Crippen LogP contribution in [-0.4, -0.2) is 9.55 Å². The van der Waals surface area contributed by atoms with E-state index < -0.39 is 0 Å². The summed E-state index contributed by atoms with van der Waals surface area (Å²) in [6.45, 7) is 4.54. The van der Waals surface area contributed by atoms with Crippen LogP contribution in [0.1, 0.15) is 70.2 Å². The molecule has 0 radical (unpaired) electrons. The number of hydrogen-bond donors (Lipinski definition) is 0. The van der Waals surface area contributed by atoms with Gasteiger partial charge in [-0.2, -0.15) is 0 Å². The molecule has 0 aliphatic heterocycles. The highest BCUT2D eigenvalue weighted by atomic mass is 35.5. The normalized spacial score (nSPS) is 18.6. The van der Waals surface area contributed by atoms with Crippen LogP contribution in [0.2, 0.25) is 5.02 Å². The third-order valence-electron chi connectivity index (χ3n) is 4.68. The summed E-state index contributed by atoms with van der Waals surface area (Å²) in [5.74, 6) is 1.92. The molecule has 2 aromatic rings. The minimum absolute atomic E-state index is 0.498. The van der Waals surface area contributed by atoms with Crippen molar-refractivity contribution >= 4 is 22.6 Å². The fraction of sp³-hybridized carbons (Fsp3) is 0.588. The van der Waals surface area contributed by atoms with Gasteiger partial charge in [0.1, 0.15) is 5.82 Å². The fourth-order valence-corrected chi connectivity index (χ4v) is 3.55. The number of benzene rings is 1. The lowest BCUT2D eigenvalue weighted by Crippen LogP contribution is -2.14. The summed E-state index contributed by atoms with van der Waals surface area (Å²) < 4.78 is 2.46. The van der Waals surface area contributed by atoms with Crippen LogP contribution >= 0.6 is 11.6 Å². The molecule has 0 bridgehead atoms. The van der Waals surface area contributed by atoms with E-state index >= 15 is 0 Å². The van der Waals surface area contributed by atoms with Gasteiger partial charge in [0, 0.05) is 17.0 Å². The van der Waals surface area contributed by atoms with Crippen LogP contribution in [0, 0.1) is 0 Å². The molecule has 0 saturated heterocycles. The summed E-state index contributed by atoms with van der Waals surface area (Å²) in [6.07, 6.45) is 7.77. The second-order valence-electron chi connectivity index (χ2n) is 6.07. The molecule has 0 amide bonds. The first-order chi connectivity index (χ1) is 9.70. The Morgan fingerprint density at radius 2 is 2.05 bits per heavy atom. The van der Waals surface area contributed by atoms with Gasteiger partial charge in [0.2, 0.25) is 0 Å². The van der Waals surface area contributed by atoms with E-state index in [4.69, 9.17) is 16.6 Å². The van der Waals surface area contributed by atoms with Gasteiger partial charge < -0.3 is 4.57 Å². The maximum Gasteiger partial charge on any atom is 0.113 e. The van der Waals surface area contributed by atoms with Gasteiger partial charge in [-0.1, -0.05) is 37.8 Å². The van der Waals surface area contributed by atoms with Gasteiger partial charge in [-0.05, 0) is 44.4 Å². The van der Waals surface area contributed by atoms with Gasteiger partial charge in [-0.15, -0.1) is 0 Å². The first-order valence-corrected chi connectivity index (χ1v) is 8.26. The zero-order valence-electron chi connectivity index (χ0n) is 12.4. The zero-order valence-corrected chi connectivity index (χ0v) is 13.2. The van der Waals surface area contributed by atoms with Gasteiger partial charge in [0.15, 0.2) is 0 Å². The molecule has 1 atom stereocenters. The van der Waals surface area contributed by atoms with Crippen LogP contribution in [0.15, 0.2) is 18.2 Å². The van der Waals surface area contributed by atoms with Gasteiger partial charge >= 0.3 is 0 Å². The van der Waals surface area contributed by atoms with Crippen molar-refractivity contribution in [2.24, 2.45) is 0 Å². The molecule has 1 fully saturated rings. The van der Waals surface area contributed by atoms with E-state index in [2.05, 4.69) is 24.5 Å². The minimum atomic E-state index is 0.498. The van der Waals surface area contributed by atoms with Gasteiger partial charge in [0.05, 0.1) is 11.0 Å². The van der Waals surface area contributed by atoms with Crippen molar-refractivity contribution < 1.29 is 0 Å². The third kappa shape index (κ3) is 2.46. The average molecular weight is 291 g/mol. The van der Waals surface area contributed by atoms with E-state index in [-0.39, 0.29) is 0 Å². The Kier molecular flexibility index (Phi) is 4.02. The molecule has 1 aliphatic carbocycles. The lowest BCUT2D eigenvalue weighted by molar-refractivity contribution is 0.402. The number of hydrogen-bond acceptors (Lipinski definition) is 1. The summed E-state index contributed by atoms with van der Waals surface area (Å²) in [5, 5.41) is 0.779. The van der Waals surface area contributed by atoms with E-state index in [0.29, 0.717) is 12.0 Å². The molecular formula is C17H23ClN2. The molecule has 1 aromatic heterocycles. The standard InChI is InChI=1S/C17H23ClN2/c1-3-12(2)20-16-10-9-14(18)11-15(16)19-17(20)13-7-5-4-6-8-13/h9-13H,3-8H2,1-2H3. The largest absolute Gasteiger partial charge is 0.325 e. The molecule has 3 heteroatoms. The smallest absolute Gasteiger partial charge is 0.113 e. The number of fused-ring (bicyclic) bond motifs is 1. The average Bonchev–Trinajstić information content (AvgIpc) is 2.85. The van der Waals surface area contributed by atoms with Crippen molar-refractivity contribution in [3.05, 3.63) is 29.0 Å². The van der Waals surface area contributed by atoms with Crippen molar-refractivity contribution in [2.45, 2.75) is 64.3 Å². The van der Waals surface area contributed by atoms with E-state index in [9.17, 15) is 0 Å². The molecule has 108 valence electrons. The predicted molar refractivity (Wildman–Crippen MR) is 85.6 cm³/mol. The molecule has 1 aliphatic rings. The van der Waals surface area contributed by atoms with Crippen LogP contribution in [0.4, 0.5) is 0 Å². The van der Waals surface area contributed by atoms with Crippen molar-refractivity contribution in [3.63, 3.8) is 0 Å².